The topological polar surface area (TPSA) is 66.2 Å². The predicted molar refractivity (Wildman–Crippen MR) is 86.9 cm³/mol. The number of aromatic hydroxyl groups is 1. The van der Waals surface area contributed by atoms with Crippen molar-refractivity contribution in [2.45, 2.75) is 52.6 Å². The van der Waals surface area contributed by atoms with Gasteiger partial charge in [0.15, 0.2) is 0 Å². The van der Waals surface area contributed by atoms with E-state index in [1.165, 1.54) is 6.21 Å². The third-order valence-electron chi connectivity index (χ3n) is 2.19. The molecule has 0 unspecified atom stereocenters. The summed E-state index contributed by atoms with van der Waals surface area (Å²) in [5.41, 5.74) is 0.121. The monoisotopic (exact) mass is 291 g/mol. The van der Waals surface area contributed by atoms with Gasteiger partial charge < -0.3 is 15.3 Å². The van der Waals surface area contributed by atoms with Gasteiger partial charge in [0, 0.05) is 11.1 Å². The van der Waals surface area contributed by atoms with Crippen LogP contribution < -0.4 is 5.32 Å². The Bertz CT molecular complexity index is 523. The molecular formula is C16H25N3O2. The molecule has 0 atom stereocenters. The number of oxime groups is 1. The molecule has 5 heteroatoms. The van der Waals surface area contributed by atoms with Gasteiger partial charge >= 0.3 is 6.02 Å². The summed E-state index contributed by atoms with van der Waals surface area (Å²) in [4.78, 5) is 9.81. The van der Waals surface area contributed by atoms with Crippen molar-refractivity contribution in [3.8, 4) is 5.75 Å². The summed E-state index contributed by atoms with van der Waals surface area (Å²) in [6.45, 7) is 12.0. The lowest BCUT2D eigenvalue weighted by Crippen LogP contribution is -2.42. The van der Waals surface area contributed by atoms with Gasteiger partial charge in [-0.15, -0.1) is 0 Å². The van der Waals surface area contributed by atoms with Crippen LogP contribution >= 0.6 is 0 Å². The van der Waals surface area contributed by atoms with Crippen LogP contribution in [0, 0.1) is 0 Å². The summed E-state index contributed by atoms with van der Waals surface area (Å²) >= 11 is 0. The molecule has 0 saturated heterocycles. The third-order valence-corrected chi connectivity index (χ3v) is 2.19. The average molecular weight is 291 g/mol. The van der Waals surface area contributed by atoms with Crippen molar-refractivity contribution >= 4 is 12.2 Å². The number of para-hydroxylation sites is 1. The normalized spacial score (nSPS) is 13.5. The summed E-state index contributed by atoms with van der Waals surface area (Å²) in [5, 5.41) is 16.7. The first-order valence-corrected chi connectivity index (χ1v) is 6.93. The van der Waals surface area contributed by atoms with Gasteiger partial charge in [-0.3, -0.25) is 0 Å². The summed E-state index contributed by atoms with van der Waals surface area (Å²) in [7, 11) is 0. The Morgan fingerprint density at radius 3 is 2.29 bits per heavy atom. The summed E-state index contributed by atoms with van der Waals surface area (Å²) in [5.74, 6) is 0.156. The molecule has 0 amide bonds. The average Bonchev–Trinajstić information content (AvgIpc) is 2.27. The van der Waals surface area contributed by atoms with E-state index in [1.807, 2.05) is 47.6 Å². The lowest BCUT2D eigenvalue weighted by molar-refractivity contribution is 0.288. The fraction of sp³-hybridized carbons (Fsp3) is 0.500. The summed E-state index contributed by atoms with van der Waals surface area (Å²) in [6.07, 6.45) is 1.46. The minimum absolute atomic E-state index is 0.156. The highest BCUT2D eigenvalue weighted by molar-refractivity contribution is 5.84. The van der Waals surface area contributed by atoms with Crippen molar-refractivity contribution in [3.63, 3.8) is 0 Å². The molecule has 0 fully saturated rings. The van der Waals surface area contributed by atoms with E-state index < -0.39 is 0 Å². The molecule has 0 aliphatic rings. The lowest BCUT2D eigenvalue weighted by Gasteiger charge is -2.23. The van der Waals surface area contributed by atoms with Crippen LogP contribution in [0.5, 0.6) is 5.75 Å². The fourth-order valence-corrected chi connectivity index (χ4v) is 1.43. The predicted octanol–water partition coefficient (Wildman–Crippen LogP) is 3.29. The maximum atomic E-state index is 9.66. The molecule has 2 N–H and O–H groups in total. The smallest absolute Gasteiger partial charge is 0.315 e. The highest BCUT2D eigenvalue weighted by atomic mass is 16.6. The van der Waals surface area contributed by atoms with Crippen LogP contribution in [-0.2, 0) is 4.84 Å². The standard InChI is InChI=1S/C16H25N3O2/c1-15(2,3)18-14(19-16(4,5)6)21-17-11-12-9-7-8-10-13(12)20/h7-11,20H,1-6H3,(H,18,19)/b17-11+. The highest BCUT2D eigenvalue weighted by Crippen LogP contribution is 2.13. The Hall–Kier alpha value is -2.04. The first-order valence-electron chi connectivity index (χ1n) is 6.93. The third kappa shape index (κ3) is 7.34. The molecular weight excluding hydrogens is 266 g/mol. The van der Waals surface area contributed by atoms with E-state index in [-0.39, 0.29) is 16.8 Å². The first kappa shape index (κ1) is 17.0. The second-order valence-electron chi connectivity index (χ2n) is 6.85. The zero-order valence-electron chi connectivity index (χ0n) is 13.6. The largest absolute Gasteiger partial charge is 0.507 e. The van der Waals surface area contributed by atoms with Crippen molar-refractivity contribution in [1.82, 2.24) is 5.32 Å². The Morgan fingerprint density at radius 1 is 1.14 bits per heavy atom. The van der Waals surface area contributed by atoms with E-state index in [4.69, 9.17) is 4.84 Å². The van der Waals surface area contributed by atoms with Crippen LogP contribution in [0.4, 0.5) is 0 Å². The Kier molecular flexibility index (Phi) is 5.35. The molecule has 0 aromatic heterocycles. The molecule has 1 aromatic carbocycles. The lowest BCUT2D eigenvalue weighted by atomic mass is 10.1. The molecule has 116 valence electrons. The van der Waals surface area contributed by atoms with E-state index in [1.54, 1.807) is 18.2 Å². The van der Waals surface area contributed by atoms with Crippen molar-refractivity contribution in [2.75, 3.05) is 0 Å². The maximum Gasteiger partial charge on any atom is 0.315 e. The van der Waals surface area contributed by atoms with Gasteiger partial charge in [-0.25, -0.2) is 4.99 Å². The van der Waals surface area contributed by atoms with Gasteiger partial charge in [0.2, 0.25) is 0 Å². The van der Waals surface area contributed by atoms with Crippen molar-refractivity contribution in [2.24, 2.45) is 10.1 Å². The van der Waals surface area contributed by atoms with Crippen molar-refractivity contribution in [3.05, 3.63) is 29.8 Å². The minimum Gasteiger partial charge on any atom is -0.507 e. The number of hydrogen-bond donors (Lipinski definition) is 2. The van der Waals surface area contributed by atoms with Gasteiger partial charge in [-0.2, -0.15) is 0 Å². The van der Waals surface area contributed by atoms with Gasteiger partial charge in [-0.05, 0) is 53.7 Å². The zero-order valence-corrected chi connectivity index (χ0v) is 13.6. The molecule has 21 heavy (non-hydrogen) atoms. The Morgan fingerprint density at radius 2 is 1.76 bits per heavy atom. The summed E-state index contributed by atoms with van der Waals surface area (Å²) < 4.78 is 0. The second-order valence-corrected chi connectivity index (χ2v) is 6.85. The van der Waals surface area contributed by atoms with Gasteiger partial charge in [0.1, 0.15) is 5.75 Å². The van der Waals surface area contributed by atoms with E-state index >= 15 is 0 Å². The van der Waals surface area contributed by atoms with Gasteiger partial charge in [0.05, 0.1) is 11.8 Å². The Balaban J connectivity index is 2.83. The summed E-state index contributed by atoms with van der Waals surface area (Å²) in [6, 6.07) is 7.26. The van der Waals surface area contributed by atoms with Gasteiger partial charge in [0.25, 0.3) is 0 Å². The highest BCUT2D eigenvalue weighted by Gasteiger charge is 2.17. The minimum atomic E-state index is -0.280. The fourth-order valence-electron chi connectivity index (χ4n) is 1.43. The molecule has 5 nitrogen and oxygen atoms in total. The number of hydrogen-bond acceptors (Lipinski definition) is 4. The van der Waals surface area contributed by atoms with Crippen LogP contribution in [0.2, 0.25) is 0 Å². The molecule has 0 aliphatic carbocycles. The van der Waals surface area contributed by atoms with Crippen LogP contribution in [0.3, 0.4) is 0 Å². The van der Waals surface area contributed by atoms with E-state index in [9.17, 15) is 5.11 Å². The number of rotatable bonds is 2. The van der Waals surface area contributed by atoms with Crippen LogP contribution in [-0.4, -0.2) is 28.4 Å². The van der Waals surface area contributed by atoms with E-state index in [0.717, 1.165) is 0 Å². The van der Waals surface area contributed by atoms with E-state index in [2.05, 4.69) is 15.5 Å². The number of benzene rings is 1. The number of phenols is 1. The number of amidine groups is 1. The molecule has 0 aliphatic heterocycles. The number of nitrogens with zero attached hydrogens (tertiary/aromatic N) is 2. The molecule has 0 saturated carbocycles. The molecule has 1 rings (SSSR count). The first-order chi connectivity index (χ1) is 9.57. The zero-order chi connectivity index (χ0) is 16.1. The van der Waals surface area contributed by atoms with Crippen LogP contribution in [0.1, 0.15) is 47.1 Å². The molecule has 0 radical (unpaired) electrons. The molecule has 0 heterocycles. The SMILES string of the molecule is CC(C)(C)/N=C(/NC(C)(C)C)O/N=C/c1ccccc1O. The maximum absolute atomic E-state index is 9.66. The number of nitrogens with one attached hydrogen (secondary N) is 1. The molecule has 0 spiro atoms. The Labute approximate surface area is 126 Å². The van der Waals surface area contributed by atoms with Gasteiger partial charge in [-0.1, -0.05) is 17.3 Å². The van der Waals surface area contributed by atoms with E-state index in [0.29, 0.717) is 11.6 Å². The number of aliphatic imine (C=N–C) groups is 1. The van der Waals surface area contributed by atoms with Crippen molar-refractivity contribution < 1.29 is 9.94 Å². The van der Waals surface area contributed by atoms with Crippen LogP contribution in [0.25, 0.3) is 0 Å². The van der Waals surface area contributed by atoms with Crippen molar-refractivity contribution in [1.29, 1.82) is 0 Å². The molecule has 0 bridgehead atoms. The second kappa shape index (κ2) is 6.61. The number of phenolic OH excluding ortho intramolecular Hbond substituents is 1. The van der Waals surface area contributed by atoms with Crippen LogP contribution in [0.15, 0.2) is 34.4 Å². The molecule has 1 aromatic rings. The quantitative estimate of drug-likeness (QED) is 0.499.